The maximum absolute atomic E-state index is 4.12. The monoisotopic (exact) mass is 116 g/mol. The molecular weight excluding hydrogens is 108 g/mol. The van der Waals surface area contributed by atoms with E-state index in [-0.39, 0.29) is 5.37 Å². The molecule has 0 aromatic rings. The maximum Gasteiger partial charge on any atom is 0.0719 e. The zero-order valence-corrected chi connectivity index (χ0v) is 4.78. The minimum atomic E-state index is 0.237. The zero-order valence-electron chi connectivity index (χ0n) is 3.89. The first-order chi connectivity index (χ1) is 3.39. The van der Waals surface area contributed by atoms with Crippen LogP contribution in [0.4, 0.5) is 0 Å². The molecule has 0 aromatic heterocycles. The molecule has 0 saturated heterocycles. The molecule has 0 amide bonds. The molecule has 7 heavy (non-hydrogen) atoms. The largest absolute Gasteiger partial charge is 0.379 e. The summed E-state index contributed by atoms with van der Waals surface area (Å²) in [5, 5.41) is 6.26. The van der Waals surface area contributed by atoms with Crippen LogP contribution in [-0.2, 0) is 0 Å². The summed E-state index contributed by atoms with van der Waals surface area (Å²) in [6.07, 6.45) is 3.85. The Kier molecular flexibility index (Phi) is 1.59. The van der Waals surface area contributed by atoms with E-state index in [0.717, 1.165) is 6.67 Å². The second kappa shape index (κ2) is 2.23. The Morgan fingerprint density at radius 3 is 2.86 bits per heavy atom. The van der Waals surface area contributed by atoms with Crippen molar-refractivity contribution < 1.29 is 0 Å². The molecule has 1 heterocycles. The van der Waals surface area contributed by atoms with Crippen molar-refractivity contribution in [2.75, 3.05) is 6.67 Å². The first kappa shape index (κ1) is 5.00. The van der Waals surface area contributed by atoms with Crippen molar-refractivity contribution in [2.45, 2.75) is 5.37 Å². The number of nitrogens with one attached hydrogen (secondary N) is 2. The summed E-state index contributed by atoms with van der Waals surface area (Å²) in [7, 11) is 0. The van der Waals surface area contributed by atoms with Gasteiger partial charge in [0, 0.05) is 0 Å². The van der Waals surface area contributed by atoms with Gasteiger partial charge in [0.1, 0.15) is 0 Å². The smallest absolute Gasteiger partial charge is 0.0719 e. The summed E-state index contributed by atoms with van der Waals surface area (Å²) >= 11 is 4.12. The molecular formula is C4H8N2S. The van der Waals surface area contributed by atoms with Crippen LogP contribution in [0.1, 0.15) is 0 Å². The lowest BCUT2D eigenvalue weighted by atomic mass is 10.5. The van der Waals surface area contributed by atoms with E-state index < -0.39 is 0 Å². The molecule has 1 unspecified atom stereocenters. The average molecular weight is 116 g/mol. The third kappa shape index (κ3) is 1.41. The molecule has 0 aliphatic carbocycles. The minimum absolute atomic E-state index is 0.237. The predicted molar refractivity (Wildman–Crippen MR) is 33.1 cm³/mol. The molecule has 40 valence electrons. The maximum atomic E-state index is 4.12. The molecule has 0 spiro atoms. The fourth-order valence-electron chi connectivity index (χ4n) is 0.450. The summed E-state index contributed by atoms with van der Waals surface area (Å²) < 4.78 is 0. The molecule has 0 fully saturated rings. The van der Waals surface area contributed by atoms with Crippen molar-refractivity contribution in [3.8, 4) is 0 Å². The van der Waals surface area contributed by atoms with Gasteiger partial charge in [0.2, 0.25) is 0 Å². The average Bonchev–Trinajstić information content (AvgIpc) is 1.69. The molecule has 0 radical (unpaired) electrons. The number of thiol groups is 1. The Hall–Kier alpha value is -0.150. The second-order valence-corrected chi connectivity index (χ2v) is 1.95. The topological polar surface area (TPSA) is 24.1 Å². The highest BCUT2D eigenvalue weighted by Crippen LogP contribution is 1.91. The van der Waals surface area contributed by atoms with Crippen LogP contribution in [0, 0.1) is 0 Å². The summed E-state index contributed by atoms with van der Waals surface area (Å²) in [4.78, 5) is 0. The molecule has 1 rings (SSSR count). The van der Waals surface area contributed by atoms with Gasteiger partial charge in [0.15, 0.2) is 0 Å². The lowest BCUT2D eigenvalue weighted by Gasteiger charge is -2.12. The third-order valence-electron chi connectivity index (χ3n) is 0.810. The van der Waals surface area contributed by atoms with Gasteiger partial charge in [-0.05, 0) is 12.3 Å². The van der Waals surface area contributed by atoms with Crippen molar-refractivity contribution >= 4 is 12.6 Å². The van der Waals surface area contributed by atoms with E-state index in [4.69, 9.17) is 0 Å². The first-order valence-corrected chi connectivity index (χ1v) is 2.73. The normalized spacial score (nSPS) is 29.6. The minimum Gasteiger partial charge on any atom is -0.379 e. The van der Waals surface area contributed by atoms with Crippen LogP contribution in [0.2, 0.25) is 0 Å². The lowest BCUT2D eigenvalue weighted by molar-refractivity contribution is 0.645. The quantitative estimate of drug-likeness (QED) is 0.385. The number of hydrogen-bond donors (Lipinski definition) is 3. The molecule has 1 aliphatic rings. The number of hydrogen-bond acceptors (Lipinski definition) is 3. The van der Waals surface area contributed by atoms with Crippen LogP contribution in [0.25, 0.3) is 0 Å². The Labute approximate surface area is 48.4 Å². The van der Waals surface area contributed by atoms with Crippen molar-refractivity contribution in [2.24, 2.45) is 0 Å². The fourth-order valence-corrected chi connectivity index (χ4v) is 0.627. The number of rotatable bonds is 0. The van der Waals surface area contributed by atoms with Crippen molar-refractivity contribution in [3.05, 3.63) is 12.3 Å². The van der Waals surface area contributed by atoms with Crippen LogP contribution < -0.4 is 10.6 Å². The van der Waals surface area contributed by atoms with Crippen molar-refractivity contribution in [1.29, 1.82) is 0 Å². The van der Waals surface area contributed by atoms with E-state index in [0.29, 0.717) is 0 Å². The van der Waals surface area contributed by atoms with Gasteiger partial charge in [-0.15, -0.1) is 0 Å². The predicted octanol–water partition coefficient (Wildman–Crippen LogP) is -0.0937. The molecule has 3 heteroatoms. The van der Waals surface area contributed by atoms with Gasteiger partial charge < -0.3 is 5.32 Å². The zero-order chi connectivity index (χ0) is 5.11. The molecule has 0 saturated carbocycles. The first-order valence-electron chi connectivity index (χ1n) is 2.21. The Bertz CT molecular complexity index is 81.8. The summed E-state index contributed by atoms with van der Waals surface area (Å²) in [5.74, 6) is 0. The van der Waals surface area contributed by atoms with Gasteiger partial charge >= 0.3 is 0 Å². The second-order valence-electron chi connectivity index (χ2n) is 1.39. The third-order valence-corrected chi connectivity index (χ3v) is 1.16. The van der Waals surface area contributed by atoms with Crippen molar-refractivity contribution in [1.82, 2.24) is 10.6 Å². The Morgan fingerprint density at radius 2 is 2.57 bits per heavy atom. The molecule has 1 atom stereocenters. The van der Waals surface area contributed by atoms with Gasteiger partial charge in [-0.3, -0.25) is 5.32 Å². The molecule has 2 nitrogen and oxygen atoms in total. The Balaban J connectivity index is 2.36. The highest BCUT2D eigenvalue weighted by Gasteiger charge is 1.96. The highest BCUT2D eigenvalue weighted by atomic mass is 32.1. The Morgan fingerprint density at radius 1 is 1.71 bits per heavy atom. The van der Waals surface area contributed by atoms with E-state index >= 15 is 0 Å². The van der Waals surface area contributed by atoms with Gasteiger partial charge in [0.05, 0.1) is 12.0 Å². The van der Waals surface area contributed by atoms with E-state index in [1.165, 1.54) is 0 Å². The SMILES string of the molecule is SC1C=CNCN1. The van der Waals surface area contributed by atoms with E-state index in [1.807, 2.05) is 12.3 Å². The standard InChI is InChI=1S/C4H8N2S/c7-4-1-2-5-3-6-4/h1-2,4-7H,3H2. The van der Waals surface area contributed by atoms with Crippen LogP contribution >= 0.6 is 12.6 Å². The van der Waals surface area contributed by atoms with Gasteiger partial charge in [0.25, 0.3) is 0 Å². The summed E-state index contributed by atoms with van der Waals surface area (Å²) in [6.45, 7) is 0.824. The molecule has 2 N–H and O–H groups in total. The van der Waals surface area contributed by atoms with E-state index in [1.54, 1.807) is 0 Å². The lowest BCUT2D eigenvalue weighted by Crippen LogP contribution is -2.34. The summed E-state index contributed by atoms with van der Waals surface area (Å²) in [5.41, 5.74) is 0. The molecule has 1 aliphatic heterocycles. The van der Waals surface area contributed by atoms with Crippen LogP contribution in [0.15, 0.2) is 12.3 Å². The van der Waals surface area contributed by atoms with Crippen molar-refractivity contribution in [3.63, 3.8) is 0 Å². The van der Waals surface area contributed by atoms with Gasteiger partial charge in [-0.1, -0.05) is 0 Å². The van der Waals surface area contributed by atoms with Gasteiger partial charge in [-0.2, -0.15) is 12.6 Å². The molecule has 0 bridgehead atoms. The van der Waals surface area contributed by atoms with Crippen LogP contribution in [0.3, 0.4) is 0 Å². The van der Waals surface area contributed by atoms with E-state index in [9.17, 15) is 0 Å². The molecule has 0 aromatic carbocycles. The van der Waals surface area contributed by atoms with Crippen LogP contribution in [0.5, 0.6) is 0 Å². The fraction of sp³-hybridized carbons (Fsp3) is 0.500. The van der Waals surface area contributed by atoms with Crippen LogP contribution in [-0.4, -0.2) is 12.0 Å². The summed E-state index contributed by atoms with van der Waals surface area (Å²) in [6, 6.07) is 0. The van der Waals surface area contributed by atoms with Gasteiger partial charge in [-0.25, -0.2) is 0 Å². The van der Waals surface area contributed by atoms with E-state index in [2.05, 4.69) is 23.3 Å². The highest BCUT2D eigenvalue weighted by molar-refractivity contribution is 7.81.